The number of hydrogen-bond acceptors (Lipinski definition) is 3. The van der Waals surface area contributed by atoms with E-state index in [0.717, 1.165) is 4.47 Å². The number of benzene rings is 2. The Morgan fingerprint density at radius 2 is 1.71 bits per heavy atom. The van der Waals surface area contributed by atoms with Crippen LogP contribution in [0.15, 0.2) is 71.3 Å². The second-order valence-corrected chi connectivity index (χ2v) is 5.82. The minimum atomic E-state index is -0.367. The standard InChI is InChI=1S/C18H13BrFN3O/c19-13-5-1-3-7-15(13)23-18(24)17-11-12(9-10-21-17)22-16-8-4-2-6-14(16)20/h1-11H,(H,21,22)(H,23,24). The normalized spacial score (nSPS) is 10.2. The molecule has 0 radical (unpaired) electrons. The molecule has 0 saturated carbocycles. The van der Waals surface area contributed by atoms with Gasteiger partial charge in [0.1, 0.15) is 11.5 Å². The molecule has 6 heteroatoms. The summed E-state index contributed by atoms with van der Waals surface area (Å²) in [5.74, 6) is -0.715. The van der Waals surface area contributed by atoms with Gasteiger partial charge in [-0.15, -0.1) is 0 Å². The molecule has 0 unspecified atom stereocenters. The lowest BCUT2D eigenvalue weighted by atomic mass is 10.2. The zero-order valence-electron chi connectivity index (χ0n) is 12.5. The van der Waals surface area contributed by atoms with Crippen molar-refractivity contribution >= 4 is 38.9 Å². The molecule has 1 aromatic heterocycles. The molecule has 0 fully saturated rings. The van der Waals surface area contributed by atoms with Crippen molar-refractivity contribution in [1.29, 1.82) is 0 Å². The number of halogens is 2. The summed E-state index contributed by atoms with van der Waals surface area (Å²) in [5, 5.41) is 5.72. The predicted octanol–water partition coefficient (Wildman–Crippen LogP) is 4.98. The molecule has 0 aliphatic carbocycles. The number of anilines is 3. The fourth-order valence-electron chi connectivity index (χ4n) is 2.10. The van der Waals surface area contributed by atoms with E-state index in [1.54, 1.807) is 36.4 Å². The molecule has 120 valence electrons. The molecule has 1 amide bonds. The topological polar surface area (TPSA) is 54.0 Å². The van der Waals surface area contributed by atoms with E-state index >= 15 is 0 Å². The van der Waals surface area contributed by atoms with Gasteiger partial charge >= 0.3 is 0 Å². The van der Waals surface area contributed by atoms with Gasteiger partial charge in [-0.1, -0.05) is 24.3 Å². The Hall–Kier alpha value is -2.73. The summed E-state index contributed by atoms with van der Waals surface area (Å²) < 4.78 is 14.5. The Kier molecular flexibility index (Phi) is 4.86. The maximum absolute atomic E-state index is 13.7. The van der Waals surface area contributed by atoms with E-state index in [1.807, 2.05) is 18.2 Å². The number of carbonyl (C=O) groups excluding carboxylic acids is 1. The summed E-state index contributed by atoms with van der Waals surface area (Å²) in [5.41, 5.74) is 1.79. The number of nitrogens with one attached hydrogen (secondary N) is 2. The highest BCUT2D eigenvalue weighted by atomic mass is 79.9. The van der Waals surface area contributed by atoms with Crippen LogP contribution in [-0.4, -0.2) is 10.9 Å². The third kappa shape index (κ3) is 3.78. The molecule has 24 heavy (non-hydrogen) atoms. The van der Waals surface area contributed by atoms with E-state index in [4.69, 9.17) is 0 Å². The zero-order chi connectivity index (χ0) is 16.9. The van der Waals surface area contributed by atoms with Gasteiger partial charge in [-0.3, -0.25) is 9.78 Å². The minimum absolute atomic E-state index is 0.229. The Labute approximate surface area is 146 Å². The second-order valence-electron chi connectivity index (χ2n) is 4.97. The number of aromatic nitrogens is 1. The van der Waals surface area contributed by atoms with Crippen LogP contribution in [0, 0.1) is 5.82 Å². The number of amides is 1. The molecule has 3 aromatic rings. The van der Waals surface area contributed by atoms with Crippen molar-refractivity contribution < 1.29 is 9.18 Å². The van der Waals surface area contributed by atoms with Crippen LogP contribution < -0.4 is 10.6 Å². The fourth-order valence-corrected chi connectivity index (χ4v) is 2.48. The summed E-state index contributed by atoms with van der Waals surface area (Å²) >= 11 is 3.37. The molecule has 0 aliphatic rings. The van der Waals surface area contributed by atoms with Crippen LogP contribution >= 0.6 is 15.9 Å². The van der Waals surface area contributed by atoms with Gasteiger partial charge in [0.2, 0.25) is 0 Å². The summed E-state index contributed by atoms with van der Waals surface area (Å²) in [6.45, 7) is 0. The number of nitrogens with zero attached hydrogens (tertiary/aromatic N) is 1. The van der Waals surface area contributed by atoms with Gasteiger partial charge in [-0.25, -0.2) is 4.39 Å². The first kappa shape index (κ1) is 16.1. The average molecular weight is 386 g/mol. The van der Waals surface area contributed by atoms with Crippen LogP contribution in [0.1, 0.15) is 10.5 Å². The van der Waals surface area contributed by atoms with Gasteiger partial charge in [0, 0.05) is 16.4 Å². The quantitative estimate of drug-likeness (QED) is 0.665. The predicted molar refractivity (Wildman–Crippen MR) is 96.0 cm³/mol. The number of pyridine rings is 1. The SMILES string of the molecule is O=C(Nc1ccccc1Br)c1cc(Nc2ccccc2F)ccn1. The van der Waals surface area contributed by atoms with E-state index in [2.05, 4.69) is 31.5 Å². The van der Waals surface area contributed by atoms with Crippen LogP contribution in [0.25, 0.3) is 0 Å². The van der Waals surface area contributed by atoms with E-state index in [9.17, 15) is 9.18 Å². The van der Waals surface area contributed by atoms with Crippen molar-refractivity contribution in [1.82, 2.24) is 4.98 Å². The van der Waals surface area contributed by atoms with E-state index in [0.29, 0.717) is 17.1 Å². The maximum atomic E-state index is 13.7. The highest BCUT2D eigenvalue weighted by molar-refractivity contribution is 9.10. The molecule has 2 aromatic carbocycles. The Balaban J connectivity index is 1.79. The van der Waals surface area contributed by atoms with E-state index < -0.39 is 0 Å². The van der Waals surface area contributed by atoms with Crippen molar-refractivity contribution in [3.05, 3.63) is 82.8 Å². The van der Waals surface area contributed by atoms with Crippen molar-refractivity contribution in [2.24, 2.45) is 0 Å². The molecule has 0 bridgehead atoms. The molecule has 2 N–H and O–H groups in total. The Bertz CT molecular complexity index is 885. The summed E-state index contributed by atoms with van der Waals surface area (Å²) in [6.07, 6.45) is 1.50. The molecule has 0 spiro atoms. The van der Waals surface area contributed by atoms with Crippen LogP contribution in [0.3, 0.4) is 0 Å². The first-order chi connectivity index (χ1) is 11.6. The first-order valence-electron chi connectivity index (χ1n) is 7.17. The highest BCUT2D eigenvalue weighted by Crippen LogP contribution is 2.23. The second kappa shape index (κ2) is 7.23. The summed E-state index contributed by atoms with van der Waals surface area (Å²) in [4.78, 5) is 16.4. The summed E-state index contributed by atoms with van der Waals surface area (Å²) in [6, 6.07) is 16.9. The van der Waals surface area contributed by atoms with Crippen molar-refractivity contribution in [2.75, 3.05) is 10.6 Å². The van der Waals surface area contributed by atoms with Gasteiger partial charge in [-0.05, 0) is 52.3 Å². The van der Waals surface area contributed by atoms with Crippen LogP contribution in [0.5, 0.6) is 0 Å². The smallest absolute Gasteiger partial charge is 0.274 e. The highest BCUT2D eigenvalue weighted by Gasteiger charge is 2.10. The molecule has 0 atom stereocenters. The van der Waals surface area contributed by atoms with Gasteiger partial charge < -0.3 is 10.6 Å². The zero-order valence-corrected chi connectivity index (χ0v) is 14.0. The van der Waals surface area contributed by atoms with Crippen molar-refractivity contribution in [3.8, 4) is 0 Å². The average Bonchev–Trinajstić information content (AvgIpc) is 2.59. The van der Waals surface area contributed by atoms with Gasteiger partial charge in [0.15, 0.2) is 0 Å². The van der Waals surface area contributed by atoms with Gasteiger partial charge in [0.05, 0.1) is 11.4 Å². The van der Waals surface area contributed by atoms with Gasteiger partial charge in [0.25, 0.3) is 5.91 Å². The number of rotatable bonds is 4. The van der Waals surface area contributed by atoms with Crippen LogP contribution in [0.4, 0.5) is 21.5 Å². The lowest BCUT2D eigenvalue weighted by molar-refractivity contribution is 0.102. The van der Waals surface area contributed by atoms with Crippen LogP contribution in [-0.2, 0) is 0 Å². The number of para-hydroxylation sites is 2. The third-order valence-electron chi connectivity index (χ3n) is 3.27. The molecule has 4 nitrogen and oxygen atoms in total. The lowest BCUT2D eigenvalue weighted by Gasteiger charge is -2.10. The first-order valence-corrected chi connectivity index (χ1v) is 7.96. The molecule has 3 rings (SSSR count). The fraction of sp³-hybridized carbons (Fsp3) is 0. The largest absolute Gasteiger partial charge is 0.353 e. The third-order valence-corrected chi connectivity index (χ3v) is 3.96. The van der Waals surface area contributed by atoms with Crippen LogP contribution in [0.2, 0.25) is 0 Å². The molecule has 0 aliphatic heterocycles. The Morgan fingerprint density at radius 3 is 2.46 bits per heavy atom. The van der Waals surface area contributed by atoms with Crippen molar-refractivity contribution in [2.45, 2.75) is 0 Å². The lowest BCUT2D eigenvalue weighted by Crippen LogP contribution is -2.14. The Morgan fingerprint density at radius 1 is 1.00 bits per heavy atom. The minimum Gasteiger partial charge on any atom is -0.353 e. The number of hydrogen-bond donors (Lipinski definition) is 2. The van der Waals surface area contributed by atoms with E-state index in [-0.39, 0.29) is 17.4 Å². The number of carbonyl (C=O) groups is 1. The summed E-state index contributed by atoms with van der Waals surface area (Å²) in [7, 11) is 0. The monoisotopic (exact) mass is 385 g/mol. The van der Waals surface area contributed by atoms with Gasteiger partial charge in [-0.2, -0.15) is 0 Å². The van der Waals surface area contributed by atoms with Crippen molar-refractivity contribution in [3.63, 3.8) is 0 Å². The van der Waals surface area contributed by atoms with E-state index in [1.165, 1.54) is 12.3 Å². The molecular formula is C18H13BrFN3O. The molecule has 1 heterocycles. The maximum Gasteiger partial charge on any atom is 0.274 e. The molecular weight excluding hydrogens is 373 g/mol. The molecule has 0 saturated heterocycles.